The van der Waals surface area contributed by atoms with Gasteiger partial charge in [-0.05, 0) is 19.1 Å². The van der Waals surface area contributed by atoms with Gasteiger partial charge in [0.15, 0.2) is 9.84 Å². The Labute approximate surface area is 119 Å². The van der Waals surface area contributed by atoms with Gasteiger partial charge in [0, 0.05) is 19.1 Å². The molecule has 1 N–H and O–H groups in total. The second kappa shape index (κ2) is 5.26. The molecule has 0 spiro atoms. The van der Waals surface area contributed by atoms with Crippen LogP contribution in [0.1, 0.15) is 6.92 Å². The molecule has 3 rings (SSSR count). The molecule has 2 atom stereocenters. The van der Waals surface area contributed by atoms with E-state index < -0.39 is 9.84 Å². The van der Waals surface area contributed by atoms with Crippen molar-refractivity contribution in [3.8, 4) is 5.75 Å². The quantitative estimate of drug-likeness (QED) is 0.881. The molecule has 2 heterocycles. The van der Waals surface area contributed by atoms with Crippen LogP contribution in [0.2, 0.25) is 0 Å². The molecule has 0 saturated carbocycles. The fourth-order valence-corrected chi connectivity index (χ4v) is 4.45. The number of benzene rings is 1. The average molecular weight is 296 g/mol. The van der Waals surface area contributed by atoms with Gasteiger partial charge in [-0.1, -0.05) is 12.1 Å². The molecule has 1 saturated heterocycles. The summed E-state index contributed by atoms with van der Waals surface area (Å²) in [5.74, 6) is 1.39. The van der Waals surface area contributed by atoms with E-state index in [9.17, 15) is 8.42 Å². The van der Waals surface area contributed by atoms with Gasteiger partial charge >= 0.3 is 0 Å². The van der Waals surface area contributed by atoms with E-state index in [1.54, 1.807) is 0 Å². The summed E-state index contributed by atoms with van der Waals surface area (Å²) in [5.41, 5.74) is 1.03. The first-order valence-corrected chi connectivity index (χ1v) is 8.80. The predicted octanol–water partition coefficient (Wildman–Crippen LogP) is 0.978. The second-order valence-corrected chi connectivity index (χ2v) is 7.80. The van der Waals surface area contributed by atoms with E-state index in [-0.39, 0.29) is 23.7 Å². The summed E-state index contributed by atoms with van der Waals surface area (Å²) in [6.07, 6.45) is 0.0631. The fraction of sp³-hybridized carbons (Fsp3) is 0.571. The lowest BCUT2D eigenvalue weighted by atomic mass is 10.2. The van der Waals surface area contributed by atoms with Crippen LogP contribution in [0.4, 0.5) is 5.69 Å². The Hall–Kier alpha value is -1.27. The summed E-state index contributed by atoms with van der Waals surface area (Å²) in [4.78, 5) is 2.21. The number of fused-ring (bicyclic) bond motifs is 1. The highest BCUT2D eigenvalue weighted by atomic mass is 32.2. The zero-order chi connectivity index (χ0) is 14.2. The third-order valence-corrected chi connectivity index (χ3v) is 5.74. The maximum atomic E-state index is 11.6. The highest BCUT2D eigenvalue weighted by Crippen LogP contribution is 2.28. The molecule has 0 aliphatic carbocycles. The molecule has 0 amide bonds. The number of hydrogen-bond donors (Lipinski definition) is 1. The van der Waals surface area contributed by atoms with E-state index in [4.69, 9.17) is 4.74 Å². The van der Waals surface area contributed by atoms with Crippen LogP contribution < -0.4 is 10.1 Å². The predicted molar refractivity (Wildman–Crippen MR) is 79.0 cm³/mol. The molecule has 6 heteroatoms. The van der Waals surface area contributed by atoms with Crippen molar-refractivity contribution in [2.45, 2.75) is 19.1 Å². The number of sulfone groups is 1. The Balaban J connectivity index is 1.63. The lowest BCUT2D eigenvalue weighted by molar-refractivity contribution is 0.118. The minimum Gasteiger partial charge on any atom is -0.485 e. The summed E-state index contributed by atoms with van der Waals surface area (Å²) in [6, 6.07) is 7.96. The molecular formula is C14H20N2O3S. The van der Waals surface area contributed by atoms with Gasteiger partial charge in [-0.2, -0.15) is 0 Å². The molecule has 2 aliphatic rings. The molecule has 1 fully saturated rings. The van der Waals surface area contributed by atoms with Crippen molar-refractivity contribution in [1.29, 1.82) is 0 Å². The topological polar surface area (TPSA) is 58.6 Å². The molecule has 2 aliphatic heterocycles. The van der Waals surface area contributed by atoms with Crippen molar-refractivity contribution in [2.24, 2.45) is 0 Å². The Morgan fingerprint density at radius 2 is 2.20 bits per heavy atom. The normalized spacial score (nSPS) is 29.1. The van der Waals surface area contributed by atoms with Gasteiger partial charge in [0.2, 0.25) is 0 Å². The summed E-state index contributed by atoms with van der Waals surface area (Å²) < 4.78 is 29.2. The fourth-order valence-electron chi connectivity index (χ4n) is 2.83. The second-order valence-electron chi connectivity index (χ2n) is 5.58. The number of nitrogens with one attached hydrogen (secondary N) is 1. The van der Waals surface area contributed by atoms with Crippen LogP contribution in [0.3, 0.4) is 0 Å². The Kier molecular flexibility index (Phi) is 3.60. The SMILES string of the molecule is CC1CS(=O)(=O)CCN1CC1CNc2ccccc2O1. The molecule has 1 aromatic carbocycles. The Morgan fingerprint density at radius 1 is 1.40 bits per heavy atom. The first-order valence-electron chi connectivity index (χ1n) is 6.97. The van der Waals surface area contributed by atoms with E-state index in [1.165, 1.54) is 0 Å². The Morgan fingerprint density at radius 3 is 3.00 bits per heavy atom. The third kappa shape index (κ3) is 2.91. The van der Waals surface area contributed by atoms with Crippen molar-refractivity contribution < 1.29 is 13.2 Å². The first-order chi connectivity index (χ1) is 9.53. The van der Waals surface area contributed by atoms with Crippen LogP contribution in [0.15, 0.2) is 24.3 Å². The van der Waals surface area contributed by atoms with E-state index in [0.717, 1.165) is 24.5 Å². The number of ether oxygens (including phenoxy) is 1. The summed E-state index contributed by atoms with van der Waals surface area (Å²) in [6.45, 7) is 4.09. The van der Waals surface area contributed by atoms with Crippen molar-refractivity contribution >= 4 is 15.5 Å². The lowest BCUT2D eigenvalue weighted by Gasteiger charge is -2.37. The average Bonchev–Trinajstić information content (AvgIpc) is 2.41. The number of anilines is 1. The van der Waals surface area contributed by atoms with Crippen LogP contribution in [0.5, 0.6) is 5.75 Å². The molecule has 20 heavy (non-hydrogen) atoms. The number of nitrogens with zero attached hydrogens (tertiary/aromatic N) is 1. The smallest absolute Gasteiger partial charge is 0.153 e. The molecule has 5 nitrogen and oxygen atoms in total. The van der Waals surface area contributed by atoms with Crippen molar-refractivity contribution in [2.75, 3.05) is 36.5 Å². The van der Waals surface area contributed by atoms with Crippen molar-refractivity contribution in [3.05, 3.63) is 24.3 Å². The third-order valence-electron chi connectivity index (χ3n) is 3.95. The minimum absolute atomic E-state index is 0.0631. The summed E-state index contributed by atoms with van der Waals surface area (Å²) >= 11 is 0. The van der Waals surface area contributed by atoms with E-state index in [0.29, 0.717) is 6.54 Å². The molecule has 1 aromatic rings. The van der Waals surface area contributed by atoms with Gasteiger partial charge in [0.25, 0.3) is 0 Å². The monoisotopic (exact) mass is 296 g/mol. The van der Waals surface area contributed by atoms with Crippen molar-refractivity contribution in [1.82, 2.24) is 4.90 Å². The maximum absolute atomic E-state index is 11.6. The molecule has 110 valence electrons. The Bertz CT molecular complexity index is 588. The lowest BCUT2D eigenvalue weighted by Crippen LogP contribution is -2.52. The standard InChI is InChI=1S/C14H20N2O3S/c1-11-10-20(17,18)7-6-16(11)9-12-8-15-13-4-2-3-5-14(13)19-12/h2-5,11-12,15H,6-10H2,1H3. The molecule has 0 bridgehead atoms. The highest BCUT2D eigenvalue weighted by Gasteiger charge is 2.31. The van der Waals surface area contributed by atoms with Gasteiger partial charge in [0.05, 0.1) is 23.7 Å². The van der Waals surface area contributed by atoms with Gasteiger partial charge in [-0.3, -0.25) is 4.90 Å². The van der Waals surface area contributed by atoms with Crippen molar-refractivity contribution in [3.63, 3.8) is 0 Å². The van der Waals surface area contributed by atoms with Crippen LogP contribution in [-0.4, -0.2) is 56.6 Å². The number of rotatable bonds is 2. The van der Waals surface area contributed by atoms with E-state index in [2.05, 4.69) is 10.2 Å². The highest BCUT2D eigenvalue weighted by molar-refractivity contribution is 7.91. The van der Waals surface area contributed by atoms with Crippen LogP contribution >= 0.6 is 0 Å². The van der Waals surface area contributed by atoms with E-state index >= 15 is 0 Å². The van der Waals surface area contributed by atoms with Crippen LogP contribution in [0, 0.1) is 0 Å². The first kappa shape index (κ1) is 13.7. The minimum atomic E-state index is -2.85. The van der Waals surface area contributed by atoms with Crippen LogP contribution in [-0.2, 0) is 9.84 Å². The van der Waals surface area contributed by atoms with E-state index in [1.807, 2.05) is 31.2 Å². The van der Waals surface area contributed by atoms with Gasteiger partial charge in [-0.15, -0.1) is 0 Å². The van der Waals surface area contributed by atoms with Gasteiger partial charge < -0.3 is 10.1 Å². The molecular weight excluding hydrogens is 276 g/mol. The molecule has 2 unspecified atom stereocenters. The van der Waals surface area contributed by atoms with Crippen LogP contribution in [0.25, 0.3) is 0 Å². The number of hydrogen-bond acceptors (Lipinski definition) is 5. The maximum Gasteiger partial charge on any atom is 0.153 e. The zero-order valence-corrected chi connectivity index (χ0v) is 12.4. The zero-order valence-electron chi connectivity index (χ0n) is 11.6. The molecule has 0 aromatic heterocycles. The number of para-hydroxylation sites is 2. The van der Waals surface area contributed by atoms with Gasteiger partial charge in [0.1, 0.15) is 11.9 Å². The summed E-state index contributed by atoms with van der Waals surface area (Å²) in [7, 11) is -2.85. The largest absolute Gasteiger partial charge is 0.485 e. The summed E-state index contributed by atoms with van der Waals surface area (Å²) in [5, 5.41) is 3.36. The van der Waals surface area contributed by atoms with Gasteiger partial charge in [-0.25, -0.2) is 8.42 Å². The molecule has 0 radical (unpaired) electrons.